The lowest BCUT2D eigenvalue weighted by molar-refractivity contribution is -0.114. The predicted molar refractivity (Wildman–Crippen MR) is 159 cm³/mol. The Labute approximate surface area is 245 Å². The molecule has 0 aliphatic carbocycles. The van der Waals surface area contributed by atoms with Gasteiger partial charge in [0.05, 0.1) is 17.1 Å². The minimum absolute atomic E-state index is 0.0000745. The Hall–Kier alpha value is -4.89. The number of thioether (sulfide) groups is 2. The van der Waals surface area contributed by atoms with Crippen LogP contribution >= 0.6 is 23.5 Å². The maximum absolute atomic E-state index is 12.4. The first-order chi connectivity index (χ1) is 20.1. The molecule has 0 spiro atoms. The summed E-state index contributed by atoms with van der Waals surface area (Å²) in [5.41, 5.74) is 2.58. The first kappa shape index (κ1) is 28.6. The monoisotopic (exact) mass is 605 g/mol. The van der Waals surface area contributed by atoms with Crippen LogP contribution in [0.1, 0.15) is 11.4 Å². The molecule has 0 saturated heterocycles. The first-order valence-electron chi connectivity index (χ1n) is 12.4. The highest BCUT2D eigenvalue weighted by atomic mass is 32.2. The summed E-state index contributed by atoms with van der Waals surface area (Å²) in [4.78, 5) is 65.9. The molecule has 2 amide bonds. The number of hydrogen-bond donors (Lipinski definition) is 5. The maximum Gasteiger partial charge on any atom is 0.251 e. The number of oxazole rings is 1. The molecule has 214 valence electrons. The van der Waals surface area contributed by atoms with Gasteiger partial charge < -0.3 is 30.1 Å². The number of fused-ring (bicyclic) bond motifs is 1. The van der Waals surface area contributed by atoms with Crippen LogP contribution in [-0.4, -0.2) is 53.3 Å². The Bertz CT molecular complexity index is 1930. The molecule has 0 atom stereocenters. The van der Waals surface area contributed by atoms with Crippen LogP contribution in [0.2, 0.25) is 0 Å². The summed E-state index contributed by atoms with van der Waals surface area (Å²) in [6.45, 7) is 3.39. The van der Waals surface area contributed by atoms with Crippen molar-refractivity contribution in [1.29, 1.82) is 0 Å². The van der Waals surface area contributed by atoms with Crippen LogP contribution in [0.15, 0.2) is 72.9 Å². The standard InChI is InChI=1S/C27H23N7O6S2/c1-13-7-21(36)33-26(28-13)41-11-23(38)30-15-4-6-20-18(9-15)32-25(40-20)17-5-3-16(10-19(17)35)31-24(39)12-42-27-29-14(2)8-22(37)34-27/h3-10,35H,11-12H2,1-2H3,(H,30,38)(H,31,39)(H,28,33,36)(H,29,34,37). The van der Waals surface area contributed by atoms with Gasteiger partial charge >= 0.3 is 0 Å². The maximum atomic E-state index is 12.4. The number of phenolic OH excluding ortho intramolecular Hbond substituents is 1. The third kappa shape index (κ3) is 7.24. The number of nitrogens with one attached hydrogen (secondary N) is 4. The van der Waals surface area contributed by atoms with Crippen molar-refractivity contribution >= 4 is 57.8 Å². The summed E-state index contributed by atoms with van der Waals surface area (Å²) < 4.78 is 5.79. The van der Waals surface area contributed by atoms with Gasteiger partial charge in [-0.2, -0.15) is 0 Å². The van der Waals surface area contributed by atoms with Crippen LogP contribution < -0.4 is 21.8 Å². The Morgan fingerprint density at radius 2 is 1.36 bits per heavy atom. The molecule has 0 aliphatic rings. The summed E-state index contributed by atoms with van der Waals surface area (Å²) in [6.07, 6.45) is 0. The van der Waals surface area contributed by atoms with Crippen molar-refractivity contribution in [2.75, 3.05) is 22.1 Å². The van der Waals surface area contributed by atoms with E-state index in [0.29, 0.717) is 49.7 Å². The number of phenols is 1. The van der Waals surface area contributed by atoms with Crippen LogP contribution in [0.5, 0.6) is 5.75 Å². The Morgan fingerprint density at radius 1 is 0.810 bits per heavy atom. The van der Waals surface area contributed by atoms with E-state index in [9.17, 15) is 24.3 Å². The Balaban J connectivity index is 1.21. The van der Waals surface area contributed by atoms with Crippen LogP contribution in [0.3, 0.4) is 0 Å². The zero-order valence-corrected chi connectivity index (χ0v) is 23.8. The second-order valence-corrected chi connectivity index (χ2v) is 10.9. The summed E-state index contributed by atoms with van der Waals surface area (Å²) >= 11 is 2.19. The predicted octanol–water partition coefficient (Wildman–Crippen LogP) is 3.45. The van der Waals surface area contributed by atoms with E-state index < -0.39 is 0 Å². The third-order valence-corrected chi connectivity index (χ3v) is 7.31. The van der Waals surface area contributed by atoms with Crippen molar-refractivity contribution in [3.63, 3.8) is 0 Å². The first-order valence-corrected chi connectivity index (χ1v) is 14.3. The molecule has 0 saturated carbocycles. The largest absolute Gasteiger partial charge is 0.507 e. The van der Waals surface area contributed by atoms with E-state index in [-0.39, 0.29) is 46.1 Å². The molecule has 5 N–H and O–H groups in total. The molecule has 0 unspecified atom stereocenters. The number of carbonyl (C=O) groups is 2. The van der Waals surface area contributed by atoms with Crippen LogP contribution in [0.4, 0.5) is 11.4 Å². The minimum Gasteiger partial charge on any atom is -0.507 e. The molecule has 0 aliphatic heterocycles. The number of aromatic nitrogens is 5. The molecule has 5 aromatic rings. The van der Waals surface area contributed by atoms with E-state index >= 15 is 0 Å². The van der Waals surface area contributed by atoms with Crippen LogP contribution in [-0.2, 0) is 9.59 Å². The number of hydrogen-bond acceptors (Lipinski definition) is 11. The highest BCUT2D eigenvalue weighted by molar-refractivity contribution is 8.00. The average molecular weight is 606 g/mol. The molecule has 5 rings (SSSR count). The summed E-state index contributed by atoms with van der Waals surface area (Å²) in [5.74, 6) is -0.630. The number of aromatic amines is 2. The quantitative estimate of drug-likeness (QED) is 0.122. The average Bonchev–Trinajstić information content (AvgIpc) is 3.33. The van der Waals surface area contributed by atoms with Crippen LogP contribution in [0, 0.1) is 13.8 Å². The Morgan fingerprint density at radius 3 is 1.90 bits per heavy atom. The van der Waals surface area contributed by atoms with Crippen molar-refractivity contribution in [2.45, 2.75) is 24.2 Å². The number of anilines is 2. The van der Waals surface area contributed by atoms with Gasteiger partial charge in [0.2, 0.25) is 17.7 Å². The molecule has 15 heteroatoms. The van der Waals surface area contributed by atoms with Gasteiger partial charge in [0, 0.05) is 41.0 Å². The fourth-order valence-corrected chi connectivity index (χ4v) is 5.26. The van der Waals surface area contributed by atoms with Crippen molar-refractivity contribution in [2.24, 2.45) is 0 Å². The highest BCUT2D eigenvalue weighted by Gasteiger charge is 2.15. The lowest BCUT2D eigenvalue weighted by Gasteiger charge is -2.07. The molecular weight excluding hydrogens is 582 g/mol. The fourth-order valence-electron chi connectivity index (χ4n) is 3.81. The SMILES string of the molecule is Cc1cc(=O)[nH]c(SCC(=O)Nc2ccc(-c3nc4cc(NC(=O)CSc5nc(C)cc(=O)[nH]5)ccc4o3)c(O)c2)n1. The minimum atomic E-state index is -0.352. The molecule has 0 bridgehead atoms. The number of H-pyrrole nitrogens is 2. The van der Waals surface area contributed by atoms with Gasteiger partial charge in [-0.15, -0.1) is 0 Å². The second kappa shape index (κ2) is 12.3. The molecule has 0 fully saturated rings. The molecule has 13 nitrogen and oxygen atoms in total. The molecule has 3 heterocycles. The summed E-state index contributed by atoms with van der Waals surface area (Å²) in [5, 5.41) is 16.8. The number of nitrogens with zero attached hydrogens (tertiary/aromatic N) is 3. The van der Waals surface area contributed by atoms with Gasteiger partial charge in [-0.1, -0.05) is 23.5 Å². The topological polar surface area (TPSA) is 196 Å². The number of carbonyl (C=O) groups excluding carboxylic acids is 2. The van der Waals surface area contributed by atoms with Crippen molar-refractivity contribution in [3.05, 3.63) is 80.6 Å². The van der Waals surface area contributed by atoms with E-state index in [1.165, 1.54) is 18.2 Å². The molecule has 3 aromatic heterocycles. The molecular formula is C27H23N7O6S2. The second-order valence-electron chi connectivity index (χ2n) is 8.99. The van der Waals surface area contributed by atoms with E-state index in [1.54, 1.807) is 44.2 Å². The van der Waals surface area contributed by atoms with E-state index in [2.05, 4.69) is 35.6 Å². The zero-order valence-electron chi connectivity index (χ0n) is 22.2. The normalized spacial score (nSPS) is 11.0. The van der Waals surface area contributed by atoms with E-state index in [4.69, 9.17) is 4.42 Å². The Kier molecular flexibility index (Phi) is 8.40. The lowest BCUT2D eigenvalue weighted by Crippen LogP contribution is -2.15. The number of rotatable bonds is 9. The van der Waals surface area contributed by atoms with Crippen molar-refractivity contribution < 1.29 is 19.1 Å². The van der Waals surface area contributed by atoms with Gasteiger partial charge in [-0.05, 0) is 44.2 Å². The van der Waals surface area contributed by atoms with E-state index in [0.717, 1.165) is 23.5 Å². The molecule has 2 aromatic carbocycles. The number of benzene rings is 2. The van der Waals surface area contributed by atoms with E-state index in [1.807, 2.05) is 0 Å². The van der Waals surface area contributed by atoms with Crippen molar-refractivity contribution in [3.8, 4) is 17.2 Å². The van der Waals surface area contributed by atoms with Crippen molar-refractivity contribution in [1.82, 2.24) is 24.9 Å². The third-order valence-electron chi connectivity index (χ3n) is 5.56. The highest BCUT2D eigenvalue weighted by Crippen LogP contribution is 2.34. The van der Waals surface area contributed by atoms with Gasteiger partial charge in [0.1, 0.15) is 11.3 Å². The van der Waals surface area contributed by atoms with Crippen LogP contribution in [0.25, 0.3) is 22.6 Å². The number of amides is 2. The summed E-state index contributed by atoms with van der Waals surface area (Å²) in [6, 6.07) is 12.2. The molecule has 42 heavy (non-hydrogen) atoms. The van der Waals surface area contributed by atoms with Gasteiger partial charge in [-0.3, -0.25) is 19.2 Å². The number of aromatic hydroxyl groups is 1. The zero-order chi connectivity index (χ0) is 29.8. The smallest absolute Gasteiger partial charge is 0.251 e. The molecule has 0 radical (unpaired) electrons. The van der Waals surface area contributed by atoms with Gasteiger partial charge in [0.25, 0.3) is 11.1 Å². The van der Waals surface area contributed by atoms with Gasteiger partial charge in [0.15, 0.2) is 15.9 Å². The summed E-state index contributed by atoms with van der Waals surface area (Å²) in [7, 11) is 0. The van der Waals surface area contributed by atoms with Gasteiger partial charge in [-0.25, -0.2) is 15.0 Å². The lowest BCUT2D eigenvalue weighted by atomic mass is 10.2. The number of aryl methyl sites for hydroxylation is 2. The fraction of sp³-hybridized carbons (Fsp3) is 0.148.